The van der Waals surface area contributed by atoms with Crippen LogP contribution in [0, 0.1) is 0 Å². The molecule has 138 valence electrons. The normalized spacial score (nSPS) is 14.2. The van der Waals surface area contributed by atoms with E-state index in [-0.39, 0.29) is 11.8 Å². The summed E-state index contributed by atoms with van der Waals surface area (Å²) in [4.78, 5) is 26.0. The molecule has 2 amide bonds. The fourth-order valence-electron chi connectivity index (χ4n) is 2.88. The first-order valence-corrected chi connectivity index (χ1v) is 8.71. The molecular formula is C21H26N2O3. The van der Waals surface area contributed by atoms with E-state index in [1.807, 2.05) is 60.7 Å². The number of rotatable bonds is 7. The molecule has 0 aliphatic carbocycles. The molecule has 0 bridgehead atoms. The van der Waals surface area contributed by atoms with Crippen LogP contribution >= 0.6 is 0 Å². The molecule has 5 heteroatoms. The summed E-state index contributed by atoms with van der Waals surface area (Å²) in [5.74, 6) is -0.490. The zero-order valence-electron chi connectivity index (χ0n) is 15.4. The Kier molecular flexibility index (Phi) is 6.92. The second-order valence-corrected chi connectivity index (χ2v) is 6.49. The lowest BCUT2D eigenvalue weighted by atomic mass is 10.0. The Balaban J connectivity index is 2.13. The zero-order valence-corrected chi connectivity index (χ0v) is 15.4. The van der Waals surface area contributed by atoms with Crippen molar-refractivity contribution in [1.29, 1.82) is 0 Å². The summed E-state index contributed by atoms with van der Waals surface area (Å²) in [6.45, 7) is 3.19. The number of nitrogens with one attached hydrogen (secondary N) is 1. The maximum atomic E-state index is 13.0. The van der Waals surface area contributed by atoms with Gasteiger partial charge in [-0.1, -0.05) is 60.7 Å². The summed E-state index contributed by atoms with van der Waals surface area (Å²) in [6.07, 6.45) is -0.405. The van der Waals surface area contributed by atoms with Gasteiger partial charge in [0.2, 0.25) is 11.8 Å². The lowest BCUT2D eigenvalue weighted by Crippen LogP contribution is -2.51. The Morgan fingerprint density at radius 3 is 2.12 bits per heavy atom. The van der Waals surface area contributed by atoms with E-state index >= 15 is 0 Å². The highest BCUT2D eigenvalue weighted by molar-refractivity contribution is 5.87. The Morgan fingerprint density at radius 2 is 1.58 bits per heavy atom. The van der Waals surface area contributed by atoms with Crippen LogP contribution in [0.1, 0.15) is 31.1 Å². The fourth-order valence-corrected chi connectivity index (χ4v) is 2.88. The van der Waals surface area contributed by atoms with Gasteiger partial charge in [-0.25, -0.2) is 0 Å². The van der Waals surface area contributed by atoms with Crippen molar-refractivity contribution in [3.8, 4) is 0 Å². The highest BCUT2D eigenvalue weighted by Gasteiger charge is 2.29. The average Bonchev–Trinajstić information content (AvgIpc) is 2.66. The second-order valence-electron chi connectivity index (χ2n) is 6.49. The average molecular weight is 354 g/mol. The molecule has 3 atom stereocenters. The first-order chi connectivity index (χ1) is 12.4. The maximum absolute atomic E-state index is 13.0. The van der Waals surface area contributed by atoms with Crippen LogP contribution in [-0.2, 0) is 16.0 Å². The van der Waals surface area contributed by atoms with E-state index in [2.05, 4.69) is 5.32 Å². The van der Waals surface area contributed by atoms with Gasteiger partial charge in [0.15, 0.2) is 0 Å². The first-order valence-electron chi connectivity index (χ1n) is 8.71. The van der Waals surface area contributed by atoms with Gasteiger partial charge < -0.3 is 15.3 Å². The first kappa shape index (κ1) is 19.7. The molecule has 0 saturated carbocycles. The molecule has 5 nitrogen and oxygen atoms in total. The molecule has 0 spiro atoms. The van der Waals surface area contributed by atoms with Crippen LogP contribution in [0.3, 0.4) is 0 Å². The third-order valence-electron chi connectivity index (χ3n) is 4.51. The second kappa shape index (κ2) is 9.15. The van der Waals surface area contributed by atoms with E-state index in [1.54, 1.807) is 14.0 Å². The van der Waals surface area contributed by atoms with Crippen LogP contribution in [-0.4, -0.2) is 41.0 Å². The summed E-state index contributed by atoms with van der Waals surface area (Å²) in [6, 6.07) is 17.7. The quantitative estimate of drug-likeness (QED) is 0.802. The molecule has 0 fully saturated rings. The van der Waals surface area contributed by atoms with E-state index in [4.69, 9.17) is 0 Å². The molecule has 0 saturated heterocycles. The van der Waals surface area contributed by atoms with Crippen LogP contribution < -0.4 is 5.32 Å². The van der Waals surface area contributed by atoms with Gasteiger partial charge in [0, 0.05) is 20.4 Å². The standard InChI is InChI=1S/C21H26N2O3/c1-15(20(25)18-12-8-5-9-13-18)23(3)21(26)19(22-16(2)24)14-17-10-6-4-7-11-17/h4-13,15,19-20,25H,14H2,1-3H3,(H,22,24)/t15-,19+,20+/m0/s1. The van der Waals surface area contributed by atoms with Crippen molar-refractivity contribution in [1.82, 2.24) is 10.2 Å². The third-order valence-corrected chi connectivity index (χ3v) is 4.51. The van der Waals surface area contributed by atoms with Crippen molar-refractivity contribution in [2.45, 2.75) is 38.5 Å². The molecule has 0 aliphatic rings. The Labute approximate surface area is 154 Å². The number of likely N-dealkylation sites (N-methyl/N-ethyl adjacent to an activating group) is 1. The smallest absolute Gasteiger partial charge is 0.245 e. The van der Waals surface area contributed by atoms with Crippen molar-refractivity contribution < 1.29 is 14.7 Å². The Hall–Kier alpha value is -2.66. The lowest BCUT2D eigenvalue weighted by molar-refractivity contribution is -0.138. The van der Waals surface area contributed by atoms with E-state index < -0.39 is 18.2 Å². The van der Waals surface area contributed by atoms with Crippen molar-refractivity contribution in [3.63, 3.8) is 0 Å². The van der Waals surface area contributed by atoms with E-state index in [1.165, 1.54) is 11.8 Å². The summed E-state index contributed by atoms with van der Waals surface area (Å²) in [7, 11) is 1.65. The predicted molar refractivity (Wildman–Crippen MR) is 101 cm³/mol. The van der Waals surface area contributed by atoms with Gasteiger partial charge in [-0.05, 0) is 18.1 Å². The molecule has 26 heavy (non-hydrogen) atoms. The number of amides is 2. The van der Waals surface area contributed by atoms with Gasteiger partial charge in [0.25, 0.3) is 0 Å². The molecule has 2 rings (SSSR count). The van der Waals surface area contributed by atoms with Crippen molar-refractivity contribution in [2.75, 3.05) is 7.05 Å². The van der Waals surface area contributed by atoms with Gasteiger partial charge in [-0.15, -0.1) is 0 Å². The van der Waals surface area contributed by atoms with Gasteiger partial charge in [0.1, 0.15) is 6.04 Å². The SMILES string of the molecule is CC(=O)N[C@H](Cc1ccccc1)C(=O)N(C)[C@@H](C)[C@@H](O)c1ccccc1. The number of hydrogen-bond donors (Lipinski definition) is 2. The number of carbonyl (C=O) groups excluding carboxylic acids is 2. The number of nitrogens with zero attached hydrogens (tertiary/aromatic N) is 1. The number of aliphatic hydroxyl groups is 1. The molecule has 0 radical (unpaired) electrons. The number of benzene rings is 2. The molecule has 2 aromatic carbocycles. The van der Waals surface area contributed by atoms with E-state index in [0.29, 0.717) is 6.42 Å². The minimum absolute atomic E-state index is 0.230. The fraction of sp³-hybridized carbons (Fsp3) is 0.333. The van der Waals surface area contributed by atoms with Crippen LogP contribution in [0.25, 0.3) is 0 Å². The minimum atomic E-state index is -0.806. The predicted octanol–water partition coefficient (Wildman–Crippen LogP) is 2.31. The zero-order chi connectivity index (χ0) is 19.1. The van der Waals surface area contributed by atoms with Gasteiger partial charge >= 0.3 is 0 Å². The van der Waals surface area contributed by atoms with Gasteiger partial charge in [-0.3, -0.25) is 9.59 Å². The highest BCUT2D eigenvalue weighted by Crippen LogP contribution is 2.20. The maximum Gasteiger partial charge on any atom is 0.245 e. The number of aliphatic hydroxyl groups excluding tert-OH is 1. The number of hydrogen-bond acceptors (Lipinski definition) is 3. The minimum Gasteiger partial charge on any atom is -0.386 e. The Bertz CT molecular complexity index is 719. The lowest BCUT2D eigenvalue weighted by Gasteiger charge is -2.32. The summed E-state index contributed by atoms with van der Waals surface area (Å²) >= 11 is 0. The largest absolute Gasteiger partial charge is 0.386 e. The molecular weight excluding hydrogens is 328 g/mol. The third kappa shape index (κ3) is 5.17. The van der Waals surface area contributed by atoms with Crippen LogP contribution in [0.15, 0.2) is 60.7 Å². The van der Waals surface area contributed by atoms with Gasteiger partial charge in [-0.2, -0.15) is 0 Å². The Morgan fingerprint density at radius 1 is 1.04 bits per heavy atom. The van der Waals surface area contributed by atoms with Gasteiger partial charge in [0.05, 0.1) is 12.1 Å². The molecule has 0 aromatic heterocycles. The van der Waals surface area contributed by atoms with E-state index in [0.717, 1.165) is 11.1 Å². The monoisotopic (exact) mass is 354 g/mol. The van der Waals surface area contributed by atoms with Crippen molar-refractivity contribution in [3.05, 3.63) is 71.8 Å². The number of carbonyl (C=O) groups is 2. The van der Waals surface area contributed by atoms with Crippen LogP contribution in [0.2, 0.25) is 0 Å². The molecule has 0 unspecified atom stereocenters. The molecule has 2 N–H and O–H groups in total. The van der Waals surface area contributed by atoms with Crippen molar-refractivity contribution >= 4 is 11.8 Å². The molecule has 0 aliphatic heterocycles. The molecule has 2 aromatic rings. The highest BCUT2D eigenvalue weighted by atomic mass is 16.3. The van der Waals surface area contributed by atoms with E-state index in [9.17, 15) is 14.7 Å². The topological polar surface area (TPSA) is 69.6 Å². The summed E-state index contributed by atoms with van der Waals surface area (Å²) in [5, 5.41) is 13.3. The summed E-state index contributed by atoms with van der Waals surface area (Å²) in [5.41, 5.74) is 1.71. The van der Waals surface area contributed by atoms with Crippen LogP contribution in [0.5, 0.6) is 0 Å². The van der Waals surface area contributed by atoms with Crippen molar-refractivity contribution in [2.24, 2.45) is 0 Å². The molecule has 0 heterocycles. The van der Waals surface area contributed by atoms with Crippen LogP contribution in [0.4, 0.5) is 0 Å². The summed E-state index contributed by atoms with van der Waals surface area (Å²) < 4.78 is 0.